The summed E-state index contributed by atoms with van der Waals surface area (Å²) in [7, 11) is 2.17. The van der Waals surface area contributed by atoms with Crippen LogP contribution in [0.15, 0.2) is 11.4 Å². The molecule has 1 aromatic heterocycles. The van der Waals surface area contributed by atoms with Crippen molar-refractivity contribution in [2.75, 3.05) is 20.2 Å². The Morgan fingerprint density at radius 2 is 2.22 bits per heavy atom. The van der Waals surface area contributed by atoms with Crippen molar-refractivity contribution in [1.82, 2.24) is 4.90 Å². The molecular formula is C15H23NOS. The average molecular weight is 265 g/mol. The maximum absolute atomic E-state index is 8.72. The summed E-state index contributed by atoms with van der Waals surface area (Å²) in [5.41, 5.74) is 1.12. The van der Waals surface area contributed by atoms with E-state index in [1.807, 2.05) is 0 Å². The van der Waals surface area contributed by atoms with E-state index in [1.165, 1.54) is 24.1 Å². The Kier molecular flexibility index (Phi) is 7.75. The highest BCUT2D eigenvalue weighted by Gasteiger charge is 2.05. The molecule has 1 rings (SSSR count). The van der Waals surface area contributed by atoms with Crippen LogP contribution in [0.25, 0.3) is 0 Å². The fourth-order valence-electron chi connectivity index (χ4n) is 1.74. The lowest BCUT2D eigenvalue weighted by molar-refractivity contribution is 0.305. The Bertz CT molecular complexity index is 389. The largest absolute Gasteiger partial charge is 0.395 e. The molecule has 0 unspecified atom stereocenters. The third-order valence-corrected chi connectivity index (χ3v) is 3.67. The Labute approximate surface area is 115 Å². The van der Waals surface area contributed by atoms with Crippen molar-refractivity contribution in [2.24, 2.45) is 0 Å². The van der Waals surface area contributed by atoms with Gasteiger partial charge in [0.1, 0.15) is 0 Å². The van der Waals surface area contributed by atoms with Gasteiger partial charge in [0, 0.05) is 23.4 Å². The molecule has 0 saturated heterocycles. The second kappa shape index (κ2) is 9.16. The highest BCUT2D eigenvalue weighted by Crippen LogP contribution is 2.17. The van der Waals surface area contributed by atoms with Crippen LogP contribution in [0.1, 0.15) is 43.0 Å². The number of unbranched alkanes of at least 4 members (excludes halogenated alkanes) is 2. The summed E-state index contributed by atoms with van der Waals surface area (Å²) < 4.78 is 0. The fourth-order valence-corrected chi connectivity index (χ4v) is 2.65. The fraction of sp³-hybridized carbons (Fsp3) is 0.600. The quantitative estimate of drug-likeness (QED) is 0.605. The molecule has 18 heavy (non-hydrogen) atoms. The second-order valence-corrected chi connectivity index (χ2v) is 5.48. The van der Waals surface area contributed by atoms with Crippen LogP contribution in [0.3, 0.4) is 0 Å². The number of hydrogen-bond donors (Lipinski definition) is 1. The van der Waals surface area contributed by atoms with E-state index in [9.17, 15) is 0 Å². The molecule has 100 valence electrons. The van der Waals surface area contributed by atoms with Gasteiger partial charge in [0.15, 0.2) is 0 Å². The van der Waals surface area contributed by atoms with Crippen LogP contribution in [0.4, 0.5) is 0 Å². The minimum absolute atomic E-state index is 0.142. The van der Waals surface area contributed by atoms with Gasteiger partial charge < -0.3 is 10.0 Å². The van der Waals surface area contributed by atoms with Crippen LogP contribution >= 0.6 is 11.3 Å². The van der Waals surface area contributed by atoms with Crippen LogP contribution in [0.2, 0.25) is 0 Å². The van der Waals surface area contributed by atoms with E-state index < -0.39 is 0 Å². The molecule has 0 spiro atoms. The molecule has 3 heteroatoms. The molecule has 0 saturated carbocycles. The summed E-state index contributed by atoms with van der Waals surface area (Å²) in [6.07, 6.45) is 4.40. The smallest absolute Gasteiger partial charge is 0.0540 e. The predicted octanol–water partition coefficient (Wildman–Crippen LogP) is 3.10. The Morgan fingerprint density at radius 1 is 1.39 bits per heavy atom. The standard InChI is InChI=1S/C15H23NOS/c1-3-4-6-10-16(2)13-15-14(9-12-18-15)8-5-7-11-17/h9,12,17H,3-4,6-7,10-11,13H2,1-2H3. The van der Waals surface area contributed by atoms with E-state index >= 15 is 0 Å². The first kappa shape index (κ1) is 15.2. The van der Waals surface area contributed by atoms with Crippen molar-refractivity contribution in [3.05, 3.63) is 21.9 Å². The summed E-state index contributed by atoms with van der Waals surface area (Å²) in [4.78, 5) is 3.69. The lowest BCUT2D eigenvalue weighted by Crippen LogP contribution is -2.18. The van der Waals surface area contributed by atoms with Crippen LogP contribution in [-0.2, 0) is 6.54 Å². The number of aliphatic hydroxyl groups is 1. The van der Waals surface area contributed by atoms with Crippen LogP contribution in [0, 0.1) is 11.8 Å². The van der Waals surface area contributed by atoms with Crippen molar-refractivity contribution in [3.8, 4) is 11.8 Å². The topological polar surface area (TPSA) is 23.5 Å². The predicted molar refractivity (Wildman–Crippen MR) is 78.8 cm³/mol. The van der Waals surface area contributed by atoms with Gasteiger partial charge in [0.25, 0.3) is 0 Å². The normalized spacial score (nSPS) is 10.4. The SMILES string of the molecule is CCCCCN(C)Cc1sccc1C#CCCO. The molecule has 1 heterocycles. The summed E-state index contributed by atoms with van der Waals surface area (Å²) >= 11 is 1.77. The highest BCUT2D eigenvalue weighted by molar-refractivity contribution is 7.10. The first-order chi connectivity index (χ1) is 8.77. The second-order valence-electron chi connectivity index (χ2n) is 4.48. The molecule has 2 nitrogen and oxygen atoms in total. The van der Waals surface area contributed by atoms with Gasteiger partial charge >= 0.3 is 0 Å². The van der Waals surface area contributed by atoms with E-state index in [0.29, 0.717) is 6.42 Å². The van der Waals surface area contributed by atoms with Gasteiger partial charge in [-0.3, -0.25) is 0 Å². The summed E-state index contributed by atoms with van der Waals surface area (Å²) in [6, 6.07) is 2.07. The number of aliphatic hydroxyl groups excluding tert-OH is 1. The number of nitrogens with zero attached hydrogens (tertiary/aromatic N) is 1. The molecule has 1 N–H and O–H groups in total. The molecule has 0 bridgehead atoms. The first-order valence-electron chi connectivity index (χ1n) is 6.62. The number of thiophene rings is 1. The van der Waals surface area contributed by atoms with Gasteiger partial charge in [-0.05, 0) is 31.5 Å². The average Bonchev–Trinajstić information content (AvgIpc) is 2.77. The summed E-state index contributed by atoms with van der Waals surface area (Å²) in [5, 5.41) is 10.8. The molecule has 0 aromatic carbocycles. The van der Waals surface area contributed by atoms with Gasteiger partial charge in [-0.2, -0.15) is 0 Å². The molecule has 1 aromatic rings. The Balaban J connectivity index is 2.47. The van der Waals surface area contributed by atoms with Crippen LogP contribution in [-0.4, -0.2) is 30.2 Å². The van der Waals surface area contributed by atoms with Crippen LogP contribution < -0.4 is 0 Å². The first-order valence-corrected chi connectivity index (χ1v) is 7.50. The van der Waals surface area contributed by atoms with Gasteiger partial charge in [0.2, 0.25) is 0 Å². The van der Waals surface area contributed by atoms with Crippen LogP contribution in [0.5, 0.6) is 0 Å². The van der Waals surface area contributed by atoms with Crippen molar-refractivity contribution >= 4 is 11.3 Å². The van der Waals surface area contributed by atoms with Crippen molar-refractivity contribution in [1.29, 1.82) is 0 Å². The zero-order valence-electron chi connectivity index (χ0n) is 11.4. The van der Waals surface area contributed by atoms with Crippen molar-refractivity contribution in [3.63, 3.8) is 0 Å². The summed E-state index contributed by atoms with van der Waals surface area (Å²) in [5.74, 6) is 6.13. The van der Waals surface area contributed by atoms with E-state index in [0.717, 1.165) is 18.7 Å². The number of hydrogen-bond acceptors (Lipinski definition) is 3. The third kappa shape index (κ3) is 5.68. The van der Waals surface area contributed by atoms with E-state index in [1.54, 1.807) is 11.3 Å². The zero-order chi connectivity index (χ0) is 13.2. The lowest BCUT2D eigenvalue weighted by Gasteiger charge is -2.15. The zero-order valence-corrected chi connectivity index (χ0v) is 12.2. The third-order valence-electron chi connectivity index (χ3n) is 2.76. The lowest BCUT2D eigenvalue weighted by atomic mass is 10.2. The van der Waals surface area contributed by atoms with Gasteiger partial charge in [-0.1, -0.05) is 31.6 Å². The molecular weight excluding hydrogens is 242 g/mol. The van der Waals surface area contributed by atoms with Crippen molar-refractivity contribution < 1.29 is 5.11 Å². The van der Waals surface area contributed by atoms with Gasteiger partial charge in [-0.15, -0.1) is 11.3 Å². The molecule has 0 atom stereocenters. The Morgan fingerprint density at radius 3 is 2.94 bits per heavy atom. The monoisotopic (exact) mass is 265 g/mol. The van der Waals surface area contributed by atoms with Gasteiger partial charge in [-0.25, -0.2) is 0 Å². The molecule has 0 fully saturated rings. The minimum atomic E-state index is 0.142. The summed E-state index contributed by atoms with van der Waals surface area (Å²) in [6.45, 7) is 4.50. The minimum Gasteiger partial charge on any atom is -0.395 e. The molecule has 0 radical (unpaired) electrons. The van der Waals surface area contributed by atoms with E-state index in [-0.39, 0.29) is 6.61 Å². The maximum atomic E-state index is 8.72. The number of rotatable bonds is 7. The maximum Gasteiger partial charge on any atom is 0.0540 e. The highest BCUT2D eigenvalue weighted by atomic mass is 32.1. The van der Waals surface area contributed by atoms with Crippen molar-refractivity contribution in [2.45, 2.75) is 39.2 Å². The molecule has 0 amide bonds. The van der Waals surface area contributed by atoms with E-state index in [2.05, 4.69) is 42.2 Å². The molecule has 0 aliphatic rings. The molecule has 0 aliphatic carbocycles. The Hall–Kier alpha value is -0.820. The molecule has 0 aliphatic heterocycles. The van der Waals surface area contributed by atoms with Gasteiger partial charge in [0.05, 0.1) is 6.61 Å². The van der Waals surface area contributed by atoms with E-state index in [4.69, 9.17) is 5.11 Å².